The van der Waals surface area contributed by atoms with Crippen molar-refractivity contribution in [1.29, 1.82) is 0 Å². The highest BCUT2D eigenvalue weighted by Crippen LogP contribution is 2.23. The van der Waals surface area contributed by atoms with E-state index in [0.717, 1.165) is 42.7 Å². The first-order valence-electron chi connectivity index (χ1n) is 8.18. The average Bonchev–Trinajstić information content (AvgIpc) is 3.00. The molecule has 1 N–H and O–H groups in total. The average molecular weight is 364 g/mol. The van der Waals surface area contributed by atoms with Gasteiger partial charge in [-0.15, -0.1) is 11.3 Å². The summed E-state index contributed by atoms with van der Waals surface area (Å²) < 4.78 is 0.842. The molecule has 1 aliphatic rings. The molecule has 1 fully saturated rings. The molecule has 6 heteroatoms. The molecule has 0 saturated carbocycles. The highest BCUT2D eigenvalue weighted by Gasteiger charge is 2.25. The summed E-state index contributed by atoms with van der Waals surface area (Å²) >= 11 is 7.63. The van der Waals surface area contributed by atoms with Crippen LogP contribution in [0.15, 0.2) is 42.5 Å². The molecule has 4 nitrogen and oxygen atoms in total. The Morgan fingerprint density at radius 3 is 2.50 bits per heavy atom. The summed E-state index contributed by atoms with van der Waals surface area (Å²) in [5, 5.41) is 2.99. The number of hydrogen-bond acceptors (Lipinski definition) is 4. The number of nitrogens with one attached hydrogen (secondary N) is 1. The number of piperazine rings is 1. The van der Waals surface area contributed by atoms with Crippen LogP contribution in [0.25, 0.3) is 0 Å². The number of carbonyl (C=O) groups is 1. The molecular formula is C18H22ClN3OS. The highest BCUT2D eigenvalue weighted by atomic mass is 35.5. The lowest BCUT2D eigenvalue weighted by atomic mass is 10.2. The zero-order valence-corrected chi connectivity index (χ0v) is 15.3. The second-order valence-corrected chi connectivity index (χ2v) is 7.85. The second-order valence-electron chi connectivity index (χ2n) is 6.05. The summed E-state index contributed by atoms with van der Waals surface area (Å²) in [7, 11) is 0. The smallest absolute Gasteiger partial charge is 0.241 e. The molecule has 0 bridgehead atoms. The van der Waals surface area contributed by atoms with Gasteiger partial charge in [0.25, 0.3) is 0 Å². The van der Waals surface area contributed by atoms with Gasteiger partial charge in [-0.05, 0) is 31.2 Å². The van der Waals surface area contributed by atoms with E-state index in [1.54, 1.807) is 11.3 Å². The largest absolute Gasteiger partial charge is 0.325 e. The Morgan fingerprint density at radius 1 is 1.17 bits per heavy atom. The summed E-state index contributed by atoms with van der Waals surface area (Å²) in [6.45, 7) is 6.67. The molecule has 0 unspecified atom stereocenters. The van der Waals surface area contributed by atoms with E-state index in [4.69, 9.17) is 11.6 Å². The Morgan fingerprint density at radius 2 is 1.88 bits per heavy atom. The van der Waals surface area contributed by atoms with E-state index in [1.807, 2.05) is 43.3 Å². The van der Waals surface area contributed by atoms with Crippen LogP contribution in [0.2, 0.25) is 4.34 Å². The lowest BCUT2D eigenvalue weighted by molar-refractivity contribution is -0.121. The summed E-state index contributed by atoms with van der Waals surface area (Å²) in [5.41, 5.74) is 0.850. The fourth-order valence-electron chi connectivity index (χ4n) is 2.90. The van der Waals surface area contributed by atoms with E-state index in [-0.39, 0.29) is 11.9 Å². The van der Waals surface area contributed by atoms with Crippen LogP contribution in [0.1, 0.15) is 11.8 Å². The molecular weight excluding hydrogens is 342 g/mol. The molecule has 0 spiro atoms. The number of benzene rings is 1. The van der Waals surface area contributed by atoms with Crippen molar-refractivity contribution in [3.63, 3.8) is 0 Å². The number of carbonyl (C=O) groups excluding carboxylic acids is 1. The minimum Gasteiger partial charge on any atom is -0.325 e. The van der Waals surface area contributed by atoms with Gasteiger partial charge < -0.3 is 5.32 Å². The quantitative estimate of drug-likeness (QED) is 0.882. The topological polar surface area (TPSA) is 35.6 Å². The van der Waals surface area contributed by atoms with Crippen molar-refractivity contribution < 1.29 is 4.79 Å². The predicted octanol–water partition coefficient (Wildman–Crippen LogP) is 3.55. The van der Waals surface area contributed by atoms with Crippen LogP contribution in [0.4, 0.5) is 5.69 Å². The van der Waals surface area contributed by atoms with E-state index >= 15 is 0 Å². The van der Waals surface area contributed by atoms with Crippen molar-refractivity contribution in [2.45, 2.75) is 19.5 Å². The first-order chi connectivity index (χ1) is 11.6. The van der Waals surface area contributed by atoms with Crippen LogP contribution in [0.5, 0.6) is 0 Å². The maximum absolute atomic E-state index is 12.4. The van der Waals surface area contributed by atoms with Crippen molar-refractivity contribution in [2.75, 3.05) is 31.5 Å². The summed E-state index contributed by atoms with van der Waals surface area (Å²) in [6, 6.07) is 13.5. The molecule has 0 radical (unpaired) electrons. The molecule has 1 aromatic carbocycles. The summed E-state index contributed by atoms with van der Waals surface area (Å²) in [6.07, 6.45) is 0. The second kappa shape index (κ2) is 8.12. The number of anilines is 1. The minimum absolute atomic E-state index is 0.0553. The number of hydrogen-bond donors (Lipinski definition) is 1. The van der Waals surface area contributed by atoms with Gasteiger partial charge in [-0.3, -0.25) is 14.6 Å². The van der Waals surface area contributed by atoms with E-state index in [2.05, 4.69) is 21.2 Å². The fourth-order valence-corrected chi connectivity index (χ4v) is 4.03. The predicted molar refractivity (Wildman–Crippen MR) is 101 cm³/mol. The lowest BCUT2D eigenvalue weighted by Gasteiger charge is -2.37. The van der Waals surface area contributed by atoms with Gasteiger partial charge in [-0.1, -0.05) is 29.8 Å². The summed E-state index contributed by atoms with van der Waals surface area (Å²) in [5.74, 6) is 0.0553. The van der Waals surface area contributed by atoms with Gasteiger partial charge in [0, 0.05) is 43.3 Å². The number of halogens is 1. The Hall–Kier alpha value is -1.40. The lowest BCUT2D eigenvalue weighted by Crippen LogP contribution is -2.52. The van der Waals surface area contributed by atoms with Crippen molar-refractivity contribution in [3.8, 4) is 0 Å². The standard InChI is InChI=1S/C18H22ClN3OS/c1-14(18(23)20-15-5-3-2-4-6-15)22-11-9-21(10-12-22)13-16-7-8-17(19)24-16/h2-8,14H,9-13H2,1H3,(H,20,23)/t14-/m1/s1. The first-order valence-corrected chi connectivity index (χ1v) is 9.38. The molecule has 1 atom stereocenters. The van der Waals surface area contributed by atoms with Gasteiger partial charge in [-0.2, -0.15) is 0 Å². The van der Waals surface area contributed by atoms with Gasteiger partial charge in [0.2, 0.25) is 5.91 Å². The number of rotatable bonds is 5. The number of amides is 1. The van der Waals surface area contributed by atoms with Crippen LogP contribution in [0.3, 0.4) is 0 Å². The van der Waals surface area contributed by atoms with Crippen LogP contribution in [0, 0.1) is 0 Å². The zero-order valence-electron chi connectivity index (χ0n) is 13.7. The molecule has 0 aliphatic carbocycles. The third-order valence-corrected chi connectivity index (χ3v) is 5.60. The van der Waals surface area contributed by atoms with Crippen molar-refractivity contribution in [1.82, 2.24) is 9.80 Å². The number of para-hydroxylation sites is 1. The third-order valence-electron chi connectivity index (χ3n) is 4.38. The molecule has 3 rings (SSSR count). The Labute approximate surface area is 152 Å². The van der Waals surface area contributed by atoms with E-state index in [0.29, 0.717) is 0 Å². The third kappa shape index (κ3) is 4.57. The minimum atomic E-state index is -0.122. The molecule has 2 heterocycles. The number of thiophene rings is 1. The van der Waals surface area contributed by atoms with E-state index in [9.17, 15) is 4.79 Å². The normalized spacial score (nSPS) is 17.6. The Balaban J connectivity index is 1.47. The van der Waals surface area contributed by atoms with Gasteiger partial charge in [0.05, 0.1) is 10.4 Å². The van der Waals surface area contributed by atoms with Crippen LogP contribution in [-0.4, -0.2) is 47.9 Å². The molecule has 2 aromatic rings. The Kier molecular flexibility index (Phi) is 5.89. The molecule has 1 saturated heterocycles. The molecule has 1 aromatic heterocycles. The molecule has 24 heavy (non-hydrogen) atoms. The maximum Gasteiger partial charge on any atom is 0.241 e. The van der Waals surface area contributed by atoms with Crippen molar-refractivity contribution >= 4 is 34.5 Å². The summed E-state index contributed by atoms with van der Waals surface area (Å²) in [4.78, 5) is 18.4. The van der Waals surface area contributed by atoms with E-state index < -0.39 is 0 Å². The molecule has 128 valence electrons. The highest BCUT2D eigenvalue weighted by molar-refractivity contribution is 7.16. The van der Waals surface area contributed by atoms with Gasteiger partial charge in [0.1, 0.15) is 0 Å². The van der Waals surface area contributed by atoms with E-state index in [1.165, 1.54) is 4.88 Å². The number of nitrogens with zero attached hydrogens (tertiary/aromatic N) is 2. The van der Waals surface area contributed by atoms with Gasteiger partial charge in [0.15, 0.2) is 0 Å². The van der Waals surface area contributed by atoms with Crippen LogP contribution >= 0.6 is 22.9 Å². The SMILES string of the molecule is C[C@H](C(=O)Nc1ccccc1)N1CCN(Cc2ccc(Cl)s2)CC1. The monoisotopic (exact) mass is 363 g/mol. The maximum atomic E-state index is 12.4. The van der Waals surface area contributed by atoms with Crippen LogP contribution in [-0.2, 0) is 11.3 Å². The van der Waals surface area contributed by atoms with Gasteiger partial charge in [-0.25, -0.2) is 0 Å². The zero-order chi connectivity index (χ0) is 16.9. The Bertz CT molecular complexity index is 668. The first kappa shape index (κ1) is 17.4. The van der Waals surface area contributed by atoms with Gasteiger partial charge >= 0.3 is 0 Å². The molecule has 1 amide bonds. The van der Waals surface area contributed by atoms with Crippen LogP contribution < -0.4 is 5.32 Å². The van der Waals surface area contributed by atoms with Crippen molar-refractivity contribution in [2.24, 2.45) is 0 Å². The fraction of sp³-hybridized carbons (Fsp3) is 0.389. The molecule has 1 aliphatic heterocycles. The van der Waals surface area contributed by atoms with Crippen molar-refractivity contribution in [3.05, 3.63) is 51.7 Å².